The Morgan fingerprint density at radius 3 is 3.07 bits per heavy atom. The number of rotatable bonds is 1. The molecule has 14 heavy (non-hydrogen) atoms. The van der Waals surface area contributed by atoms with E-state index in [9.17, 15) is 9.90 Å². The van der Waals surface area contributed by atoms with E-state index in [4.69, 9.17) is 0 Å². The molecule has 0 aromatic carbocycles. The zero-order valence-corrected chi connectivity index (χ0v) is 7.68. The van der Waals surface area contributed by atoms with E-state index in [1.54, 1.807) is 18.3 Å². The van der Waals surface area contributed by atoms with E-state index in [-0.39, 0.29) is 11.9 Å². The van der Waals surface area contributed by atoms with Gasteiger partial charge < -0.3 is 10.4 Å². The Bertz CT molecular complexity index is 326. The Morgan fingerprint density at radius 2 is 2.36 bits per heavy atom. The van der Waals surface area contributed by atoms with Crippen LogP contribution in [0, 0.1) is 0 Å². The van der Waals surface area contributed by atoms with Gasteiger partial charge >= 0.3 is 0 Å². The number of nitrogens with one attached hydrogen (secondary N) is 1. The van der Waals surface area contributed by atoms with Crippen LogP contribution in [0.4, 0.5) is 0 Å². The molecule has 0 aliphatic carbocycles. The van der Waals surface area contributed by atoms with Crippen molar-refractivity contribution < 1.29 is 9.90 Å². The predicted octanol–water partition coefficient (Wildman–Crippen LogP) is 0.394. The van der Waals surface area contributed by atoms with Gasteiger partial charge in [0.2, 0.25) is 5.91 Å². The highest BCUT2D eigenvalue weighted by molar-refractivity contribution is 5.77. The minimum atomic E-state index is -0.525. The Hall–Kier alpha value is -1.42. The first kappa shape index (κ1) is 9.15. The lowest BCUT2D eigenvalue weighted by molar-refractivity contribution is -0.126. The smallest absolute Gasteiger partial charge is 0.220 e. The third-order valence-electron chi connectivity index (χ3n) is 2.37. The van der Waals surface area contributed by atoms with Crippen molar-refractivity contribution in [3.8, 4) is 0 Å². The summed E-state index contributed by atoms with van der Waals surface area (Å²) in [7, 11) is 0. The number of nitrogens with zero attached hydrogens (tertiary/aromatic N) is 1. The van der Waals surface area contributed by atoms with Gasteiger partial charge in [-0.2, -0.15) is 0 Å². The van der Waals surface area contributed by atoms with Crippen molar-refractivity contribution in [3.63, 3.8) is 0 Å². The number of carbonyl (C=O) groups is 1. The van der Waals surface area contributed by atoms with Gasteiger partial charge in [-0.15, -0.1) is 0 Å². The molecule has 1 amide bonds. The van der Waals surface area contributed by atoms with Crippen LogP contribution in [-0.4, -0.2) is 22.1 Å². The number of carbonyl (C=O) groups excluding carboxylic acids is 1. The van der Waals surface area contributed by atoms with Crippen LogP contribution in [0.3, 0.4) is 0 Å². The van der Waals surface area contributed by atoms with Crippen LogP contribution in [0.1, 0.15) is 24.6 Å². The summed E-state index contributed by atoms with van der Waals surface area (Å²) in [6.45, 7) is 0. The zero-order chi connectivity index (χ0) is 9.97. The van der Waals surface area contributed by atoms with E-state index in [2.05, 4.69) is 10.3 Å². The van der Waals surface area contributed by atoms with E-state index in [0.717, 1.165) is 0 Å². The van der Waals surface area contributed by atoms with Gasteiger partial charge in [-0.25, -0.2) is 0 Å². The van der Waals surface area contributed by atoms with Crippen LogP contribution in [0.2, 0.25) is 0 Å². The molecular formula is C10H12N2O2. The van der Waals surface area contributed by atoms with Crippen molar-refractivity contribution in [2.24, 2.45) is 0 Å². The third-order valence-corrected chi connectivity index (χ3v) is 2.37. The predicted molar refractivity (Wildman–Crippen MR) is 50.4 cm³/mol. The van der Waals surface area contributed by atoms with Gasteiger partial charge in [-0.05, 0) is 18.6 Å². The molecule has 2 heterocycles. The SMILES string of the molecule is O=C1CC[C@H](O)[C@H](c2ccccn2)N1. The molecule has 2 rings (SSSR count). The highest BCUT2D eigenvalue weighted by Crippen LogP contribution is 2.21. The molecular weight excluding hydrogens is 180 g/mol. The van der Waals surface area contributed by atoms with Crippen LogP contribution in [0.15, 0.2) is 24.4 Å². The molecule has 1 aliphatic rings. The summed E-state index contributed by atoms with van der Waals surface area (Å²) in [5, 5.41) is 12.4. The van der Waals surface area contributed by atoms with Gasteiger partial charge in [0.15, 0.2) is 0 Å². The highest BCUT2D eigenvalue weighted by Gasteiger charge is 2.28. The fourth-order valence-corrected chi connectivity index (χ4v) is 1.62. The summed E-state index contributed by atoms with van der Waals surface area (Å²) in [6, 6.07) is 5.10. The summed E-state index contributed by atoms with van der Waals surface area (Å²) in [6.07, 6.45) is 2.03. The number of hydrogen-bond donors (Lipinski definition) is 2. The van der Waals surface area contributed by atoms with E-state index < -0.39 is 6.10 Å². The van der Waals surface area contributed by atoms with Gasteiger partial charge in [0.05, 0.1) is 17.8 Å². The van der Waals surface area contributed by atoms with Crippen LogP contribution < -0.4 is 5.32 Å². The first-order valence-electron chi connectivity index (χ1n) is 4.66. The van der Waals surface area contributed by atoms with E-state index in [0.29, 0.717) is 18.5 Å². The molecule has 2 N–H and O–H groups in total. The maximum atomic E-state index is 11.1. The van der Waals surface area contributed by atoms with Gasteiger partial charge in [-0.1, -0.05) is 6.07 Å². The molecule has 1 aliphatic heterocycles. The monoisotopic (exact) mass is 192 g/mol. The maximum absolute atomic E-state index is 11.1. The summed E-state index contributed by atoms with van der Waals surface area (Å²) in [5.41, 5.74) is 0.716. The Kier molecular flexibility index (Phi) is 2.45. The minimum absolute atomic E-state index is 0.0223. The quantitative estimate of drug-likeness (QED) is 0.676. The number of pyridine rings is 1. The second kappa shape index (κ2) is 3.75. The molecule has 1 aromatic rings. The fraction of sp³-hybridized carbons (Fsp3) is 0.400. The Labute approximate surface area is 82.0 Å². The first-order chi connectivity index (χ1) is 6.77. The average molecular weight is 192 g/mol. The van der Waals surface area contributed by atoms with Crippen molar-refractivity contribution in [2.45, 2.75) is 25.0 Å². The van der Waals surface area contributed by atoms with Crippen molar-refractivity contribution in [3.05, 3.63) is 30.1 Å². The molecule has 0 radical (unpaired) electrons. The lowest BCUT2D eigenvalue weighted by Gasteiger charge is -2.27. The van der Waals surface area contributed by atoms with Crippen LogP contribution in [0.25, 0.3) is 0 Å². The van der Waals surface area contributed by atoms with E-state index in [1.165, 1.54) is 0 Å². The molecule has 2 atom stereocenters. The molecule has 0 unspecified atom stereocenters. The lowest BCUT2D eigenvalue weighted by atomic mass is 9.98. The van der Waals surface area contributed by atoms with E-state index >= 15 is 0 Å². The summed E-state index contributed by atoms with van der Waals surface area (Å²) < 4.78 is 0. The fourth-order valence-electron chi connectivity index (χ4n) is 1.62. The standard InChI is InChI=1S/C10H12N2O2/c13-8-4-5-9(14)12-10(8)7-3-1-2-6-11-7/h1-3,6,8,10,13H,4-5H2,(H,12,14)/t8-,10-/m0/s1. The summed E-state index contributed by atoms with van der Waals surface area (Å²) in [5.74, 6) is -0.0223. The van der Waals surface area contributed by atoms with Gasteiger partial charge in [0.1, 0.15) is 0 Å². The Morgan fingerprint density at radius 1 is 1.50 bits per heavy atom. The molecule has 0 spiro atoms. The zero-order valence-electron chi connectivity index (χ0n) is 7.68. The minimum Gasteiger partial charge on any atom is -0.391 e. The molecule has 1 saturated heterocycles. The number of aromatic nitrogens is 1. The Balaban J connectivity index is 2.20. The van der Waals surface area contributed by atoms with Crippen molar-refractivity contribution in [1.29, 1.82) is 0 Å². The molecule has 4 nitrogen and oxygen atoms in total. The number of piperidine rings is 1. The normalized spacial score (nSPS) is 27.1. The highest BCUT2D eigenvalue weighted by atomic mass is 16.3. The van der Waals surface area contributed by atoms with Crippen LogP contribution in [0.5, 0.6) is 0 Å². The number of amides is 1. The molecule has 1 fully saturated rings. The second-order valence-electron chi connectivity index (χ2n) is 3.41. The number of hydrogen-bond acceptors (Lipinski definition) is 3. The molecule has 0 bridgehead atoms. The van der Waals surface area contributed by atoms with Crippen molar-refractivity contribution in [2.75, 3.05) is 0 Å². The van der Waals surface area contributed by atoms with E-state index in [1.807, 2.05) is 6.07 Å². The maximum Gasteiger partial charge on any atom is 0.220 e. The van der Waals surface area contributed by atoms with Gasteiger partial charge in [0.25, 0.3) is 0 Å². The number of aliphatic hydroxyl groups is 1. The summed E-state index contributed by atoms with van der Waals surface area (Å²) >= 11 is 0. The van der Waals surface area contributed by atoms with Gasteiger partial charge in [-0.3, -0.25) is 9.78 Å². The van der Waals surface area contributed by atoms with Gasteiger partial charge in [0, 0.05) is 12.6 Å². The largest absolute Gasteiger partial charge is 0.391 e. The molecule has 74 valence electrons. The number of aliphatic hydroxyl groups excluding tert-OH is 1. The molecule has 1 aromatic heterocycles. The summed E-state index contributed by atoms with van der Waals surface area (Å²) in [4.78, 5) is 15.3. The molecule has 0 saturated carbocycles. The average Bonchev–Trinajstić information content (AvgIpc) is 2.23. The van der Waals surface area contributed by atoms with Crippen LogP contribution in [-0.2, 0) is 4.79 Å². The third kappa shape index (κ3) is 1.75. The molecule has 4 heteroatoms. The second-order valence-corrected chi connectivity index (χ2v) is 3.41. The topological polar surface area (TPSA) is 62.2 Å². The first-order valence-corrected chi connectivity index (χ1v) is 4.66. The van der Waals surface area contributed by atoms with Crippen molar-refractivity contribution >= 4 is 5.91 Å². The lowest BCUT2D eigenvalue weighted by Crippen LogP contribution is -2.41. The van der Waals surface area contributed by atoms with Crippen LogP contribution >= 0.6 is 0 Å². The van der Waals surface area contributed by atoms with Crippen molar-refractivity contribution in [1.82, 2.24) is 10.3 Å².